The second kappa shape index (κ2) is 4.79. The smallest absolute Gasteiger partial charge is 0.140 e. The van der Waals surface area contributed by atoms with Gasteiger partial charge in [0, 0.05) is 24.7 Å². The van der Waals surface area contributed by atoms with Crippen molar-refractivity contribution >= 4 is 28.4 Å². The van der Waals surface area contributed by atoms with Crippen LogP contribution in [0.4, 0.5) is 5.82 Å². The molecule has 92 valence electrons. The van der Waals surface area contributed by atoms with Crippen molar-refractivity contribution in [2.45, 2.75) is 25.2 Å². The molecule has 2 aromatic rings. The standard InChI is InChI=1S/C13H13IN4/c14-11-12(9-1-2-9)17-10(18-13(11)15)7-8-3-5-16-6-4-8/h3-6,9H,1-2,7H2,(H2,15,17,18). The number of aromatic nitrogens is 3. The van der Waals surface area contributed by atoms with Crippen LogP contribution in [0, 0.1) is 3.57 Å². The highest BCUT2D eigenvalue weighted by molar-refractivity contribution is 14.1. The third-order valence-electron chi connectivity index (χ3n) is 3.02. The average molecular weight is 352 g/mol. The van der Waals surface area contributed by atoms with Gasteiger partial charge in [-0.3, -0.25) is 4.98 Å². The van der Waals surface area contributed by atoms with E-state index in [0.29, 0.717) is 18.2 Å². The monoisotopic (exact) mass is 352 g/mol. The molecule has 1 saturated carbocycles. The molecule has 2 N–H and O–H groups in total. The fraction of sp³-hybridized carbons (Fsp3) is 0.308. The van der Waals surface area contributed by atoms with Crippen molar-refractivity contribution in [1.82, 2.24) is 15.0 Å². The van der Waals surface area contributed by atoms with E-state index in [1.54, 1.807) is 12.4 Å². The third kappa shape index (κ3) is 2.45. The number of anilines is 1. The molecular weight excluding hydrogens is 339 g/mol. The largest absolute Gasteiger partial charge is 0.383 e. The number of nitrogens with two attached hydrogens (primary N) is 1. The Kier molecular flexibility index (Phi) is 3.15. The van der Waals surface area contributed by atoms with E-state index in [1.807, 2.05) is 12.1 Å². The maximum absolute atomic E-state index is 5.97. The van der Waals surface area contributed by atoms with Gasteiger partial charge in [-0.15, -0.1) is 0 Å². The van der Waals surface area contributed by atoms with Crippen LogP contribution in [0.1, 0.15) is 35.8 Å². The van der Waals surface area contributed by atoms with Gasteiger partial charge in [-0.2, -0.15) is 0 Å². The Balaban J connectivity index is 1.93. The molecule has 3 rings (SSSR count). The second-order valence-corrected chi connectivity index (χ2v) is 5.61. The first-order valence-corrected chi connectivity index (χ1v) is 7.02. The molecule has 2 heterocycles. The minimum atomic E-state index is 0.596. The maximum Gasteiger partial charge on any atom is 0.140 e. The predicted octanol–water partition coefficient (Wildman–Crippen LogP) is 2.53. The maximum atomic E-state index is 5.97. The molecule has 0 aliphatic heterocycles. The molecule has 2 aromatic heterocycles. The Hall–Kier alpha value is -1.24. The highest BCUT2D eigenvalue weighted by atomic mass is 127. The van der Waals surface area contributed by atoms with Gasteiger partial charge in [-0.25, -0.2) is 9.97 Å². The Morgan fingerprint density at radius 1 is 1.22 bits per heavy atom. The fourth-order valence-corrected chi connectivity index (χ4v) is 2.60. The van der Waals surface area contributed by atoms with E-state index in [-0.39, 0.29) is 0 Å². The number of hydrogen-bond donors (Lipinski definition) is 1. The highest BCUT2D eigenvalue weighted by Crippen LogP contribution is 2.41. The lowest BCUT2D eigenvalue weighted by Crippen LogP contribution is -2.07. The van der Waals surface area contributed by atoms with Crippen LogP contribution in [-0.2, 0) is 6.42 Å². The van der Waals surface area contributed by atoms with Gasteiger partial charge in [0.2, 0.25) is 0 Å². The van der Waals surface area contributed by atoms with Crippen molar-refractivity contribution in [3.8, 4) is 0 Å². The summed E-state index contributed by atoms with van der Waals surface area (Å²) < 4.78 is 1.02. The summed E-state index contributed by atoms with van der Waals surface area (Å²) in [6.45, 7) is 0. The molecule has 1 fully saturated rings. The molecule has 1 aliphatic rings. The Morgan fingerprint density at radius 2 is 1.94 bits per heavy atom. The first kappa shape index (κ1) is 11.8. The molecule has 0 saturated heterocycles. The van der Waals surface area contributed by atoms with E-state index in [4.69, 9.17) is 5.73 Å². The first-order valence-electron chi connectivity index (χ1n) is 5.94. The summed E-state index contributed by atoms with van der Waals surface area (Å²) in [5.41, 5.74) is 8.26. The summed E-state index contributed by atoms with van der Waals surface area (Å²) in [7, 11) is 0. The van der Waals surface area contributed by atoms with Crippen LogP contribution >= 0.6 is 22.6 Å². The fourth-order valence-electron chi connectivity index (χ4n) is 1.92. The van der Waals surface area contributed by atoms with Gasteiger partial charge < -0.3 is 5.73 Å². The third-order valence-corrected chi connectivity index (χ3v) is 4.13. The van der Waals surface area contributed by atoms with E-state index < -0.39 is 0 Å². The lowest BCUT2D eigenvalue weighted by Gasteiger charge is -2.08. The van der Waals surface area contributed by atoms with Gasteiger partial charge in [-0.05, 0) is 53.1 Å². The summed E-state index contributed by atoms with van der Waals surface area (Å²) in [5, 5.41) is 0. The zero-order chi connectivity index (χ0) is 12.5. The van der Waals surface area contributed by atoms with E-state index in [2.05, 4.69) is 37.5 Å². The molecule has 5 heteroatoms. The zero-order valence-corrected chi connectivity index (χ0v) is 12.0. The number of rotatable bonds is 3. The molecule has 0 bridgehead atoms. The minimum Gasteiger partial charge on any atom is -0.383 e. The summed E-state index contributed by atoms with van der Waals surface area (Å²) in [6.07, 6.45) is 6.73. The lowest BCUT2D eigenvalue weighted by molar-refractivity contribution is 0.893. The lowest BCUT2D eigenvalue weighted by atomic mass is 10.2. The van der Waals surface area contributed by atoms with Crippen molar-refractivity contribution < 1.29 is 0 Å². The van der Waals surface area contributed by atoms with E-state index in [1.165, 1.54) is 12.8 Å². The van der Waals surface area contributed by atoms with Crippen LogP contribution in [0.25, 0.3) is 0 Å². The van der Waals surface area contributed by atoms with E-state index in [9.17, 15) is 0 Å². The van der Waals surface area contributed by atoms with E-state index in [0.717, 1.165) is 20.7 Å². The van der Waals surface area contributed by atoms with Gasteiger partial charge >= 0.3 is 0 Å². The van der Waals surface area contributed by atoms with Crippen molar-refractivity contribution in [2.24, 2.45) is 0 Å². The van der Waals surface area contributed by atoms with Gasteiger partial charge in [0.25, 0.3) is 0 Å². The molecule has 18 heavy (non-hydrogen) atoms. The molecule has 0 atom stereocenters. The summed E-state index contributed by atoms with van der Waals surface area (Å²) in [4.78, 5) is 13.1. The van der Waals surface area contributed by atoms with Crippen molar-refractivity contribution in [3.05, 3.63) is 45.2 Å². The quantitative estimate of drug-likeness (QED) is 0.863. The van der Waals surface area contributed by atoms with Crippen molar-refractivity contribution in [3.63, 3.8) is 0 Å². The van der Waals surface area contributed by atoms with Crippen LogP contribution in [0.15, 0.2) is 24.5 Å². The molecule has 0 spiro atoms. The summed E-state index contributed by atoms with van der Waals surface area (Å²) >= 11 is 2.25. The molecule has 0 amide bonds. The van der Waals surface area contributed by atoms with Gasteiger partial charge in [0.05, 0.1) is 9.26 Å². The van der Waals surface area contributed by atoms with Crippen LogP contribution in [0.2, 0.25) is 0 Å². The molecular formula is C13H13IN4. The zero-order valence-electron chi connectivity index (χ0n) is 9.81. The first-order chi connectivity index (χ1) is 8.74. The molecule has 4 nitrogen and oxygen atoms in total. The van der Waals surface area contributed by atoms with Crippen LogP contribution in [0.5, 0.6) is 0 Å². The van der Waals surface area contributed by atoms with Crippen molar-refractivity contribution in [2.75, 3.05) is 5.73 Å². The SMILES string of the molecule is Nc1nc(Cc2ccncc2)nc(C2CC2)c1I. The number of nitrogen functional groups attached to an aromatic ring is 1. The predicted molar refractivity (Wildman–Crippen MR) is 78.2 cm³/mol. The number of hydrogen-bond acceptors (Lipinski definition) is 4. The second-order valence-electron chi connectivity index (χ2n) is 4.53. The van der Waals surface area contributed by atoms with E-state index >= 15 is 0 Å². The van der Waals surface area contributed by atoms with Crippen LogP contribution in [0.3, 0.4) is 0 Å². The Bertz CT molecular complexity index is 567. The molecule has 0 unspecified atom stereocenters. The average Bonchev–Trinajstić information content (AvgIpc) is 3.19. The Labute approximate surface area is 119 Å². The highest BCUT2D eigenvalue weighted by Gasteiger charge is 2.28. The number of halogens is 1. The number of pyridine rings is 1. The normalized spacial score (nSPS) is 14.7. The molecule has 0 aromatic carbocycles. The van der Waals surface area contributed by atoms with Gasteiger partial charge in [0.15, 0.2) is 0 Å². The van der Waals surface area contributed by atoms with Crippen molar-refractivity contribution in [1.29, 1.82) is 0 Å². The van der Waals surface area contributed by atoms with Gasteiger partial charge in [0.1, 0.15) is 11.6 Å². The Morgan fingerprint density at radius 3 is 2.61 bits per heavy atom. The molecule has 0 radical (unpaired) electrons. The summed E-state index contributed by atoms with van der Waals surface area (Å²) in [5.74, 6) is 2.01. The number of nitrogens with zero attached hydrogens (tertiary/aromatic N) is 3. The minimum absolute atomic E-state index is 0.596. The summed E-state index contributed by atoms with van der Waals surface area (Å²) in [6, 6.07) is 3.96. The van der Waals surface area contributed by atoms with Crippen LogP contribution < -0.4 is 5.73 Å². The van der Waals surface area contributed by atoms with Crippen LogP contribution in [-0.4, -0.2) is 15.0 Å². The topological polar surface area (TPSA) is 64.7 Å². The van der Waals surface area contributed by atoms with Gasteiger partial charge in [-0.1, -0.05) is 0 Å². The molecule has 1 aliphatic carbocycles.